The number of hydrogen-bond acceptors (Lipinski definition) is 4. The monoisotopic (exact) mass is 290 g/mol. The van der Waals surface area contributed by atoms with Gasteiger partial charge in [0, 0.05) is 10.2 Å². The highest BCUT2D eigenvalue weighted by Gasteiger charge is 2.52. The molecule has 1 aromatic carbocycles. The number of fused-ring (bicyclic) bond motifs is 1. The van der Waals surface area contributed by atoms with Crippen LogP contribution in [0.4, 0.5) is 0 Å². The summed E-state index contributed by atoms with van der Waals surface area (Å²) >= 11 is 1.68. The van der Waals surface area contributed by atoms with E-state index in [1.165, 1.54) is 4.70 Å². The zero-order valence-electron chi connectivity index (χ0n) is 12.3. The first-order chi connectivity index (χ1) is 9.34. The highest BCUT2D eigenvalue weighted by atomic mass is 32.1. The molecule has 2 aromatic rings. The fourth-order valence-corrected chi connectivity index (χ4v) is 3.29. The first kappa shape index (κ1) is 14.1. The second-order valence-electron chi connectivity index (χ2n) is 6.27. The Morgan fingerprint density at radius 2 is 1.80 bits per heavy atom. The minimum absolute atomic E-state index is 0.0502. The van der Waals surface area contributed by atoms with E-state index >= 15 is 0 Å². The van der Waals surface area contributed by atoms with Crippen molar-refractivity contribution in [3.63, 3.8) is 0 Å². The predicted molar refractivity (Wildman–Crippen MR) is 83.5 cm³/mol. The average molecular weight is 290 g/mol. The smallest absolute Gasteiger partial charge is 0.399 e. The number of thiophene rings is 1. The van der Waals surface area contributed by atoms with Gasteiger partial charge in [-0.3, -0.25) is 0 Å². The Labute approximate surface area is 123 Å². The molecule has 3 rings (SSSR count). The van der Waals surface area contributed by atoms with Crippen LogP contribution in [0.15, 0.2) is 23.6 Å². The fourth-order valence-electron chi connectivity index (χ4n) is 2.35. The summed E-state index contributed by atoms with van der Waals surface area (Å²) in [5, 5.41) is 12.5. The number of aliphatic hydroxyl groups excluding tert-OH is 1. The number of aliphatic hydroxyl groups is 1. The Bertz CT molecular complexity index is 632. The molecule has 3 nitrogen and oxygen atoms in total. The molecule has 1 aliphatic heterocycles. The minimum atomic E-state index is -0.345. The summed E-state index contributed by atoms with van der Waals surface area (Å²) in [6.45, 7) is 8.28. The SMILES string of the molecule is CC1(C)OB(c2csc3ccc(CO)cc23)OC1(C)C. The van der Waals surface area contributed by atoms with Crippen LogP contribution in [0.2, 0.25) is 0 Å². The van der Waals surface area contributed by atoms with Crippen LogP contribution in [0.1, 0.15) is 33.3 Å². The molecule has 0 saturated carbocycles. The first-order valence-electron chi connectivity index (χ1n) is 6.80. The van der Waals surface area contributed by atoms with Gasteiger partial charge in [-0.05, 0) is 56.2 Å². The summed E-state index contributed by atoms with van der Waals surface area (Å²) < 4.78 is 13.4. The van der Waals surface area contributed by atoms with Crippen LogP contribution in [0, 0.1) is 0 Å². The van der Waals surface area contributed by atoms with Crippen molar-refractivity contribution < 1.29 is 14.4 Å². The summed E-state index contributed by atoms with van der Waals surface area (Å²) in [5.74, 6) is 0. The van der Waals surface area contributed by atoms with Gasteiger partial charge >= 0.3 is 7.12 Å². The number of rotatable bonds is 2. The molecule has 0 unspecified atom stereocenters. The quantitative estimate of drug-likeness (QED) is 0.864. The highest BCUT2D eigenvalue weighted by Crippen LogP contribution is 2.37. The normalized spacial score (nSPS) is 20.8. The third-order valence-electron chi connectivity index (χ3n) is 4.36. The molecule has 0 aliphatic carbocycles. The molecular formula is C15H19BO3S. The van der Waals surface area contributed by atoms with E-state index in [0.717, 1.165) is 16.4 Å². The van der Waals surface area contributed by atoms with E-state index in [2.05, 4.69) is 33.1 Å². The summed E-state index contributed by atoms with van der Waals surface area (Å²) in [6, 6.07) is 6.01. The third-order valence-corrected chi connectivity index (χ3v) is 5.34. The molecule has 0 amide bonds. The van der Waals surface area contributed by atoms with Crippen LogP contribution >= 0.6 is 11.3 Å². The van der Waals surface area contributed by atoms with E-state index in [1.54, 1.807) is 11.3 Å². The molecule has 5 heteroatoms. The first-order valence-corrected chi connectivity index (χ1v) is 7.68. The van der Waals surface area contributed by atoms with E-state index in [4.69, 9.17) is 9.31 Å². The zero-order chi connectivity index (χ0) is 14.5. The van der Waals surface area contributed by atoms with Crippen molar-refractivity contribution in [1.29, 1.82) is 0 Å². The lowest BCUT2D eigenvalue weighted by molar-refractivity contribution is 0.00578. The summed E-state index contributed by atoms with van der Waals surface area (Å²) in [4.78, 5) is 0. The van der Waals surface area contributed by atoms with Gasteiger partial charge in [0.05, 0.1) is 17.8 Å². The number of hydrogen-bond donors (Lipinski definition) is 1. The molecular weight excluding hydrogens is 271 g/mol. The summed E-state index contributed by atoms with van der Waals surface area (Å²) in [6.07, 6.45) is 0. The van der Waals surface area contributed by atoms with Crippen molar-refractivity contribution >= 4 is 34.0 Å². The van der Waals surface area contributed by atoms with E-state index < -0.39 is 0 Å². The Balaban J connectivity index is 2.03. The second-order valence-corrected chi connectivity index (χ2v) is 7.18. The zero-order valence-corrected chi connectivity index (χ0v) is 13.1. The van der Waals surface area contributed by atoms with Gasteiger partial charge in [0.2, 0.25) is 0 Å². The minimum Gasteiger partial charge on any atom is -0.399 e. The Hall–Kier alpha value is -0.875. The van der Waals surface area contributed by atoms with Crippen LogP contribution in [0.5, 0.6) is 0 Å². The molecule has 0 radical (unpaired) electrons. The lowest BCUT2D eigenvalue weighted by Crippen LogP contribution is -2.41. The second kappa shape index (κ2) is 4.56. The lowest BCUT2D eigenvalue weighted by Gasteiger charge is -2.32. The fraction of sp³-hybridized carbons (Fsp3) is 0.467. The predicted octanol–water partition coefficient (Wildman–Crippen LogP) is 2.69. The molecule has 0 bridgehead atoms. The van der Waals surface area contributed by atoms with Gasteiger partial charge in [-0.25, -0.2) is 0 Å². The summed E-state index contributed by atoms with van der Waals surface area (Å²) in [5.41, 5.74) is 1.30. The Kier molecular flexibility index (Phi) is 3.21. The van der Waals surface area contributed by atoms with Crippen LogP contribution < -0.4 is 5.46 Å². The maximum absolute atomic E-state index is 9.30. The lowest BCUT2D eigenvalue weighted by atomic mass is 9.79. The highest BCUT2D eigenvalue weighted by molar-refractivity contribution is 7.18. The Morgan fingerprint density at radius 1 is 1.15 bits per heavy atom. The van der Waals surface area contributed by atoms with Gasteiger partial charge in [-0.15, -0.1) is 11.3 Å². The van der Waals surface area contributed by atoms with Crippen LogP contribution in [0.3, 0.4) is 0 Å². The topological polar surface area (TPSA) is 38.7 Å². The van der Waals surface area contributed by atoms with Crippen molar-refractivity contribution in [2.75, 3.05) is 0 Å². The molecule has 1 N–H and O–H groups in total. The van der Waals surface area contributed by atoms with E-state index in [0.29, 0.717) is 0 Å². The van der Waals surface area contributed by atoms with Crippen molar-refractivity contribution in [3.05, 3.63) is 29.1 Å². The molecule has 2 heterocycles. The third kappa shape index (κ3) is 2.09. The standard InChI is InChI=1S/C15H19BO3S/c1-14(2)15(3,4)19-16(18-14)12-9-20-13-6-5-10(8-17)7-11(12)13/h5-7,9,17H,8H2,1-4H3. The van der Waals surface area contributed by atoms with Crippen LogP contribution in [-0.2, 0) is 15.9 Å². The largest absolute Gasteiger partial charge is 0.496 e. The van der Waals surface area contributed by atoms with Crippen molar-refractivity contribution in [3.8, 4) is 0 Å². The van der Waals surface area contributed by atoms with E-state index in [1.807, 2.05) is 18.2 Å². The molecule has 1 fully saturated rings. The van der Waals surface area contributed by atoms with Crippen LogP contribution in [0.25, 0.3) is 10.1 Å². The average Bonchev–Trinajstić information content (AvgIpc) is 2.87. The van der Waals surface area contributed by atoms with E-state index in [-0.39, 0.29) is 24.9 Å². The van der Waals surface area contributed by atoms with E-state index in [9.17, 15) is 5.11 Å². The molecule has 20 heavy (non-hydrogen) atoms. The van der Waals surface area contributed by atoms with Gasteiger partial charge in [0.1, 0.15) is 0 Å². The van der Waals surface area contributed by atoms with Gasteiger partial charge in [0.25, 0.3) is 0 Å². The number of benzene rings is 1. The maximum atomic E-state index is 9.30. The van der Waals surface area contributed by atoms with Crippen LogP contribution in [-0.4, -0.2) is 23.4 Å². The van der Waals surface area contributed by atoms with Crippen molar-refractivity contribution in [1.82, 2.24) is 0 Å². The Morgan fingerprint density at radius 3 is 2.40 bits per heavy atom. The molecule has 0 spiro atoms. The maximum Gasteiger partial charge on any atom is 0.496 e. The molecule has 0 atom stereocenters. The van der Waals surface area contributed by atoms with Crippen molar-refractivity contribution in [2.24, 2.45) is 0 Å². The van der Waals surface area contributed by atoms with Gasteiger partial charge < -0.3 is 14.4 Å². The molecule has 106 valence electrons. The van der Waals surface area contributed by atoms with Crippen molar-refractivity contribution in [2.45, 2.75) is 45.5 Å². The summed E-state index contributed by atoms with van der Waals surface area (Å²) in [7, 11) is -0.345. The van der Waals surface area contributed by atoms with Gasteiger partial charge in [-0.2, -0.15) is 0 Å². The molecule has 1 aliphatic rings. The van der Waals surface area contributed by atoms with Gasteiger partial charge in [-0.1, -0.05) is 6.07 Å². The van der Waals surface area contributed by atoms with Gasteiger partial charge in [0.15, 0.2) is 0 Å². The molecule has 1 aromatic heterocycles. The molecule has 1 saturated heterocycles.